The van der Waals surface area contributed by atoms with Crippen LogP contribution in [0.2, 0.25) is 0 Å². The molecular weight excluding hydrogens is 320 g/mol. The van der Waals surface area contributed by atoms with Crippen LogP contribution in [0, 0.1) is 5.92 Å². The molecule has 132 valence electrons. The molecule has 2 atom stereocenters. The van der Waals surface area contributed by atoms with Gasteiger partial charge in [0.1, 0.15) is 5.82 Å². The Balaban J connectivity index is 1.44. The second-order valence-corrected chi connectivity index (χ2v) is 6.65. The zero-order valence-corrected chi connectivity index (χ0v) is 14.0. The van der Waals surface area contributed by atoms with E-state index >= 15 is 0 Å². The van der Waals surface area contributed by atoms with E-state index in [9.17, 15) is 4.79 Å². The molecule has 0 aromatic carbocycles. The van der Waals surface area contributed by atoms with Gasteiger partial charge in [0.25, 0.3) is 5.91 Å². The number of hydrogen-bond acceptors (Lipinski definition) is 6. The molecule has 4 rings (SSSR count). The zero-order chi connectivity index (χ0) is 17.1. The van der Waals surface area contributed by atoms with Gasteiger partial charge < -0.3 is 14.6 Å². The van der Waals surface area contributed by atoms with Crippen LogP contribution in [0.5, 0.6) is 0 Å². The zero-order valence-electron chi connectivity index (χ0n) is 14.0. The maximum atomic E-state index is 12.3. The molecule has 1 N–H and O–H groups in total. The first-order valence-electron chi connectivity index (χ1n) is 8.66. The van der Waals surface area contributed by atoms with E-state index < -0.39 is 0 Å². The Morgan fingerprint density at radius 3 is 3.08 bits per heavy atom. The molecule has 2 aromatic rings. The molecule has 2 aliphatic heterocycles. The first-order valence-corrected chi connectivity index (χ1v) is 8.66. The molecular formula is C17H22N6O2. The Morgan fingerprint density at radius 1 is 1.32 bits per heavy atom. The van der Waals surface area contributed by atoms with Gasteiger partial charge in [0.2, 0.25) is 0 Å². The summed E-state index contributed by atoms with van der Waals surface area (Å²) in [6.45, 7) is 4.83. The summed E-state index contributed by atoms with van der Waals surface area (Å²) < 4.78 is 7.76. The molecule has 0 aliphatic carbocycles. The van der Waals surface area contributed by atoms with Crippen LogP contribution in [0.1, 0.15) is 22.6 Å². The molecule has 4 heterocycles. The van der Waals surface area contributed by atoms with Crippen LogP contribution >= 0.6 is 0 Å². The highest BCUT2D eigenvalue weighted by atomic mass is 16.5. The fourth-order valence-corrected chi connectivity index (χ4v) is 3.55. The third-order valence-electron chi connectivity index (χ3n) is 4.91. The molecule has 2 unspecified atom stereocenters. The largest absolute Gasteiger partial charge is 0.380 e. The Bertz CT molecular complexity index is 713. The van der Waals surface area contributed by atoms with Crippen molar-refractivity contribution >= 4 is 5.91 Å². The smallest absolute Gasteiger partial charge is 0.252 e. The van der Waals surface area contributed by atoms with Gasteiger partial charge in [-0.15, -0.1) is 0 Å². The minimum absolute atomic E-state index is 0.110. The summed E-state index contributed by atoms with van der Waals surface area (Å²) in [7, 11) is 0. The molecule has 0 bridgehead atoms. The summed E-state index contributed by atoms with van der Waals surface area (Å²) in [6.07, 6.45) is 7.94. The lowest BCUT2D eigenvalue weighted by Gasteiger charge is -2.28. The molecule has 1 saturated heterocycles. The van der Waals surface area contributed by atoms with Crippen molar-refractivity contribution in [2.75, 3.05) is 26.3 Å². The van der Waals surface area contributed by atoms with Crippen molar-refractivity contribution in [3.05, 3.63) is 42.2 Å². The highest BCUT2D eigenvalue weighted by Crippen LogP contribution is 2.21. The minimum atomic E-state index is -0.110. The number of carbonyl (C=O) groups is 1. The van der Waals surface area contributed by atoms with Crippen molar-refractivity contribution in [2.24, 2.45) is 5.92 Å². The van der Waals surface area contributed by atoms with Gasteiger partial charge in [0.15, 0.2) is 0 Å². The molecule has 2 aromatic heterocycles. The molecule has 8 nitrogen and oxygen atoms in total. The average molecular weight is 342 g/mol. The number of ether oxygens (including phenoxy) is 1. The Hall–Kier alpha value is -2.32. The van der Waals surface area contributed by atoms with Gasteiger partial charge in [-0.3, -0.25) is 9.69 Å². The Morgan fingerprint density at radius 2 is 2.28 bits per heavy atom. The molecule has 0 radical (unpaired) electrons. The predicted molar refractivity (Wildman–Crippen MR) is 89.7 cm³/mol. The lowest BCUT2D eigenvalue weighted by molar-refractivity contribution is 0.0930. The number of amides is 1. The summed E-state index contributed by atoms with van der Waals surface area (Å²) in [5.74, 6) is 1.29. The first kappa shape index (κ1) is 16.2. The maximum absolute atomic E-state index is 12.3. The number of imidazole rings is 1. The molecule has 0 saturated carbocycles. The van der Waals surface area contributed by atoms with E-state index in [0.717, 1.165) is 45.1 Å². The number of nitrogens with zero attached hydrogens (tertiary/aromatic N) is 5. The van der Waals surface area contributed by atoms with Crippen molar-refractivity contribution in [1.29, 1.82) is 0 Å². The molecule has 1 amide bonds. The maximum Gasteiger partial charge on any atom is 0.252 e. The summed E-state index contributed by atoms with van der Waals surface area (Å²) in [4.78, 5) is 19.2. The van der Waals surface area contributed by atoms with Crippen molar-refractivity contribution in [1.82, 2.24) is 30.0 Å². The van der Waals surface area contributed by atoms with Crippen LogP contribution in [0.25, 0.3) is 0 Å². The van der Waals surface area contributed by atoms with Crippen LogP contribution in [-0.2, 0) is 17.8 Å². The SMILES string of the molecule is O=C(NCC1CN(C2CCOC2)Cc2nccn2C1)c1ccnnc1. The van der Waals surface area contributed by atoms with Crippen molar-refractivity contribution < 1.29 is 9.53 Å². The number of rotatable bonds is 4. The number of nitrogens with one attached hydrogen (secondary N) is 1. The van der Waals surface area contributed by atoms with Crippen LogP contribution in [-0.4, -0.2) is 62.9 Å². The van der Waals surface area contributed by atoms with Gasteiger partial charge in [0.05, 0.1) is 31.1 Å². The summed E-state index contributed by atoms with van der Waals surface area (Å²) in [6, 6.07) is 2.11. The second-order valence-electron chi connectivity index (χ2n) is 6.65. The highest BCUT2D eigenvalue weighted by Gasteiger charge is 2.29. The number of fused-ring (bicyclic) bond motifs is 1. The van der Waals surface area contributed by atoms with E-state index in [2.05, 4.69) is 30.0 Å². The Kier molecular flexibility index (Phi) is 4.71. The van der Waals surface area contributed by atoms with Crippen molar-refractivity contribution in [3.8, 4) is 0 Å². The lowest BCUT2D eigenvalue weighted by atomic mass is 10.1. The normalized spacial score (nSPS) is 23.8. The Labute approximate surface area is 146 Å². The molecule has 0 spiro atoms. The first-order chi connectivity index (χ1) is 12.3. The number of hydrogen-bond donors (Lipinski definition) is 1. The fourth-order valence-electron chi connectivity index (χ4n) is 3.55. The van der Waals surface area contributed by atoms with Gasteiger partial charge >= 0.3 is 0 Å². The molecule has 1 fully saturated rings. The predicted octanol–water partition coefficient (Wildman–Crippen LogP) is 0.324. The van der Waals surface area contributed by atoms with Gasteiger partial charge in [-0.2, -0.15) is 10.2 Å². The van der Waals surface area contributed by atoms with E-state index in [1.54, 1.807) is 6.07 Å². The topological polar surface area (TPSA) is 85.2 Å². The van der Waals surface area contributed by atoms with E-state index in [0.29, 0.717) is 24.1 Å². The summed E-state index contributed by atoms with van der Waals surface area (Å²) in [5.41, 5.74) is 0.535. The highest BCUT2D eigenvalue weighted by molar-refractivity contribution is 5.93. The van der Waals surface area contributed by atoms with Crippen molar-refractivity contribution in [2.45, 2.75) is 25.6 Å². The van der Waals surface area contributed by atoms with Crippen LogP contribution < -0.4 is 5.32 Å². The van der Waals surface area contributed by atoms with Crippen LogP contribution in [0.15, 0.2) is 30.9 Å². The summed E-state index contributed by atoms with van der Waals surface area (Å²) in [5, 5.41) is 10.5. The van der Waals surface area contributed by atoms with E-state index in [1.807, 2.05) is 12.4 Å². The number of carbonyl (C=O) groups excluding carboxylic acids is 1. The molecule has 2 aliphatic rings. The van der Waals surface area contributed by atoms with E-state index in [4.69, 9.17) is 4.74 Å². The quantitative estimate of drug-likeness (QED) is 0.862. The number of aromatic nitrogens is 4. The molecule has 8 heteroatoms. The van der Waals surface area contributed by atoms with Gasteiger partial charge in [-0.25, -0.2) is 4.98 Å². The fraction of sp³-hybridized carbons (Fsp3) is 0.529. The van der Waals surface area contributed by atoms with Gasteiger partial charge in [-0.1, -0.05) is 0 Å². The van der Waals surface area contributed by atoms with Crippen molar-refractivity contribution in [3.63, 3.8) is 0 Å². The third-order valence-corrected chi connectivity index (χ3v) is 4.91. The van der Waals surface area contributed by atoms with Gasteiger partial charge in [-0.05, 0) is 12.5 Å². The standard InChI is InChI=1S/C17H22N6O2/c24-17(14-1-3-20-21-8-14)19-7-13-9-22-5-4-18-16(22)11-23(10-13)15-2-6-25-12-15/h1,3-5,8,13,15H,2,6-7,9-12H2,(H,19,24). The lowest BCUT2D eigenvalue weighted by Crippen LogP contribution is -2.41. The van der Waals surface area contributed by atoms with Crippen LogP contribution in [0.3, 0.4) is 0 Å². The monoisotopic (exact) mass is 342 g/mol. The average Bonchev–Trinajstić information content (AvgIpc) is 3.29. The van der Waals surface area contributed by atoms with Crippen LogP contribution in [0.4, 0.5) is 0 Å². The third kappa shape index (κ3) is 3.69. The van der Waals surface area contributed by atoms with E-state index in [-0.39, 0.29) is 5.91 Å². The van der Waals surface area contributed by atoms with E-state index in [1.165, 1.54) is 12.4 Å². The summed E-state index contributed by atoms with van der Waals surface area (Å²) >= 11 is 0. The van der Waals surface area contributed by atoms with Gasteiger partial charge in [0, 0.05) is 50.6 Å². The second kappa shape index (κ2) is 7.28. The molecule has 25 heavy (non-hydrogen) atoms. The minimum Gasteiger partial charge on any atom is -0.380 e.